The lowest BCUT2D eigenvalue weighted by atomic mass is 10.2. The highest BCUT2D eigenvalue weighted by atomic mass is 19.1. The lowest BCUT2D eigenvalue weighted by Gasteiger charge is -2.10. The van der Waals surface area contributed by atoms with E-state index in [0.29, 0.717) is 24.3 Å². The zero-order valence-corrected chi connectivity index (χ0v) is 12.3. The fraction of sp³-hybridized carbons (Fsp3) is 0.333. The molecule has 0 saturated heterocycles. The molecule has 1 aromatic heterocycles. The lowest BCUT2D eigenvalue weighted by molar-refractivity contribution is 0.0525. The fourth-order valence-corrected chi connectivity index (χ4v) is 1.99. The van der Waals surface area contributed by atoms with Gasteiger partial charge in [0, 0.05) is 12.7 Å². The van der Waals surface area contributed by atoms with E-state index in [-0.39, 0.29) is 5.82 Å². The van der Waals surface area contributed by atoms with Gasteiger partial charge in [0.2, 0.25) is 0 Å². The summed E-state index contributed by atoms with van der Waals surface area (Å²) < 4.78 is 19.8. The Kier molecular flexibility index (Phi) is 4.57. The van der Waals surface area contributed by atoms with Crippen LogP contribution in [0.25, 0.3) is 0 Å². The van der Waals surface area contributed by atoms with Gasteiger partial charge in [0.1, 0.15) is 11.4 Å². The average Bonchev–Trinajstić information content (AvgIpc) is 2.82. The van der Waals surface area contributed by atoms with E-state index in [1.807, 2.05) is 0 Å². The van der Waals surface area contributed by atoms with E-state index in [4.69, 9.17) is 4.74 Å². The van der Waals surface area contributed by atoms with Crippen molar-refractivity contribution in [3.8, 4) is 0 Å². The fourth-order valence-electron chi connectivity index (χ4n) is 1.99. The molecule has 0 fully saturated rings. The van der Waals surface area contributed by atoms with Crippen LogP contribution >= 0.6 is 0 Å². The first-order chi connectivity index (χ1) is 10.0. The molecular formula is C15H18FN3O2. The molecule has 0 aliphatic carbocycles. The number of benzene rings is 1. The van der Waals surface area contributed by atoms with Crippen LogP contribution in [-0.2, 0) is 18.3 Å². The number of nitrogens with zero attached hydrogens (tertiary/aromatic N) is 2. The van der Waals surface area contributed by atoms with Crippen LogP contribution in [0.3, 0.4) is 0 Å². The molecule has 0 spiro atoms. The third kappa shape index (κ3) is 3.39. The summed E-state index contributed by atoms with van der Waals surface area (Å²) in [6, 6.07) is 4.78. The monoisotopic (exact) mass is 291 g/mol. The van der Waals surface area contributed by atoms with E-state index in [2.05, 4.69) is 10.4 Å². The quantitative estimate of drug-likeness (QED) is 0.860. The number of carbonyl (C=O) groups excluding carboxylic acids is 1. The minimum atomic E-state index is -0.391. The molecular weight excluding hydrogens is 273 g/mol. The van der Waals surface area contributed by atoms with Gasteiger partial charge in [0.15, 0.2) is 0 Å². The summed E-state index contributed by atoms with van der Waals surface area (Å²) in [4.78, 5) is 11.8. The first-order valence-corrected chi connectivity index (χ1v) is 6.71. The summed E-state index contributed by atoms with van der Waals surface area (Å²) in [5.41, 5.74) is 2.50. The number of aromatic nitrogens is 2. The third-order valence-electron chi connectivity index (χ3n) is 3.17. The highest BCUT2D eigenvalue weighted by molar-refractivity contribution is 5.90. The molecule has 6 heteroatoms. The van der Waals surface area contributed by atoms with Crippen LogP contribution in [0.1, 0.15) is 28.5 Å². The number of esters is 1. The number of hydrogen-bond acceptors (Lipinski definition) is 4. The van der Waals surface area contributed by atoms with Gasteiger partial charge in [-0.15, -0.1) is 0 Å². The molecule has 0 aliphatic rings. The Labute approximate surface area is 122 Å². The SMILES string of the molecule is CCOC(=O)c1cnn(C)c1CNc1ccc(F)c(C)c1. The summed E-state index contributed by atoms with van der Waals surface area (Å²) in [6.45, 7) is 4.18. The maximum Gasteiger partial charge on any atom is 0.341 e. The zero-order chi connectivity index (χ0) is 15.4. The van der Waals surface area contributed by atoms with Crippen molar-refractivity contribution in [3.05, 3.63) is 47.0 Å². The molecule has 0 atom stereocenters. The van der Waals surface area contributed by atoms with E-state index >= 15 is 0 Å². The molecule has 112 valence electrons. The molecule has 0 saturated carbocycles. The van der Waals surface area contributed by atoms with Gasteiger partial charge in [-0.1, -0.05) is 0 Å². The molecule has 1 aromatic carbocycles. The average molecular weight is 291 g/mol. The Bertz CT molecular complexity index is 652. The van der Waals surface area contributed by atoms with E-state index in [0.717, 1.165) is 11.4 Å². The normalized spacial score (nSPS) is 10.5. The Morgan fingerprint density at radius 3 is 2.90 bits per heavy atom. The Morgan fingerprint density at radius 1 is 1.48 bits per heavy atom. The molecule has 1 N–H and O–H groups in total. The van der Waals surface area contributed by atoms with E-state index in [1.165, 1.54) is 12.3 Å². The smallest absolute Gasteiger partial charge is 0.341 e. The van der Waals surface area contributed by atoms with Crippen molar-refractivity contribution in [1.29, 1.82) is 0 Å². The van der Waals surface area contributed by atoms with Gasteiger partial charge < -0.3 is 10.1 Å². The molecule has 21 heavy (non-hydrogen) atoms. The molecule has 0 radical (unpaired) electrons. The molecule has 0 amide bonds. The number of halogens is 1. The molecule has 0 aliphatic heterocycles. The first kappa shape index (κ1) is 15.0. The maximum atomic E-state index is 13.2. The first-order valence-electron chi connectivity index (χ1n) is 6.71. The van der Waals surface area contributed by atoms with Crippen molar-refractivity contribution >= 4 is 11.7 Å². The Balaban J connectivity index is 2.14. The van der Waals surface area contributed by atoms with Gasteiger partial charge in [-0.05, 0) is 37.6 Å². The van der Waals surface area contributed by atoms with Crippen LogP contribution in [0.2, 0.25) is 0 Å². The second-order valence-corrected chi connectivity index (χ2v) is 4.67. The van der Waals surface area contributed by atoms with Crippen molar-refractivity contribution in [2.24, 2.45) is 7.05 Å². The van der Waals surface area contributed by atoms with Crippen LogP contribution in [0.4, 0.5) is 10.1 Å². The second-order valence-electron chi connectivity index (χ2n) is 4.67. The summed E-state index contributed by atoms with van der Waals surface area (Å²) in [7, 11) is 1.76. The molecule has 2 aromatic rings. The van der Waals surface area contributed by atoms with Crippen molar-refractivity contribution in [2.45, 2.75) is 20.4 Å². The summed E-state index contributed by atoms with van der Waals surface area (Å²) in [6.07, 6.45) is 1.49. The highest BCUT2D eigenvalue weighted by Crippen LogP contribution is 2.16. The molecule has 5 nitrogen and oxygen atoms in total. The van der Waals surface area contributed by atoms with E-state index in [9.17, 15) is 9.18 Å². The summed E-state index contributed by atoms with van der Waals surface area (Å²) >= 11 is 0. The number of anilines is 1. The number of aryl methyl sites for hydroxylation is 2. The van der Waals surface area contributed by atoms with Crippen LogP contribution in [0.5, 0.6) is 0 Å². The van der Waals surface area contributed by atoms with Gasteiger partial charge in [0.05, 0.1) is 25.0 Å². The van der Waals surface area contributed by atoms with Crippen LogP contribution in [-0.4, -0.2) is 22.4 Å². The lowest BCUT2D eigenvalue weighted by Crippen LogP contribution is -2.12. The maximum absolute atomic E-state index is 13.2. The van der Waals surface area contributed by atoms with Crippen molar-refractivity contribution in [1.82, 2.24) is 9.78 Å². The van der Waals surface area contributed by atoms with E-state index in [1.54, 1.807) is 37.7 Å². The third-order valence-corrected chi connectivity index (χ3v) is 3.17. The number of hydrogen-bond donors (Lipinski definition) is 1. The zero-order valence-electron chi connectivity index (χ0n) is 12.3. The van der Waals surface area contributed by atoms with Crippen molar-refractivity contribution in [3.63, 3.8) is 0 Å². The Morgan fingerprint density at radius 2 is 2.24 bits per heavy atom. The largest absolute Gasteiger partial charge is 0.462 e. The number of nitrogens with one attached hydrogen (secondary N) is 1. The standard InChI is InChI=1S/C15H18FN3O2/c1-4-21-15(20)12-8-18-19(3)14(12)9-17-11-5-6-13(16)10(2)7-11/h5-8,17H,4,9H2,1-3H3. The highest BCUT2D eigenvalue weighted by Gasteiger charge is 2.16. The molecule has 2 rings (SSSR count). The van der Waals surface area contributed by atoms with Gasteiger partial charge in [-0.2, -0.15) is 5.10 Å². The topological polar surface area (TPSA) is 56.1 Å². The van der Waals surface area contributed by atoms with Gasteiger partial charge >= 0.3 is 5.97 Å². The summed E-state index contributed by atoms with van der Waals surface area (Å²) in [5, 5.41) is 7.24. The predicted molar refractivity (Wildman–Crippen MR) is 77.6 cm³/mol. The molecule has 1 heterocycles. The van der Waals surface area contributed by atoms with Crippen LogP contribution < -0.4 is 5.32 Å². The van der Waals surface area contributed by atoms with Gasteiger partial charge in [0.25, 0.3) is 0 Å². The minimum absolute atomic E-state index is 0.242. The number of rotatable bonds is 5. The van der Waals surface area contributed by atoms with E-state index < -0.39 is 5.97 Å². The van der Waals surface area contributed by atoms with Crippen LogP contribution in [0, 0.1) is 12.7 Å². The molecule has 0 unspecified atom stereocenters. The van der Waals surface area contributed by atoms with Gasteiger partial charge in [-0.25, -0.2) is 9.18 Å². The number of ether oxygens (including phenoxy) is 1. The van der Waals surface area contributed by atoms with Crippen LogP contribution in [0.15, 0.2) is 24.4 Å². The van der Waals surface area contributed by atoms with Crippen molar-refractivity contribution in [2.75, 3.05) is 11.9 Å². The summed E-state index contributed by atoms with van der Waals surface area (Å²) in [5.74, 6) is -0.633. The van der Waals surface area contributed by atoms with Gasteiger partial charge in [-0.3, -0.25) is 4.68 Å². The Hall–Kier alpha value is -2.37. The molecule has 0 bridgehead atoms. The van der Waals surface area contributed by atoms with Crippen molar-refractivity contribution < 1.29 is 13.9 Å². The predicted octanol–water partition coefficient (Wildman–Crippen LogP) is 2.66. The second kappa shape index (κ2) is 6.39. The number of carbonyl (C=O) groups is 1. The minimum Gasteiger partial charge on any atom is -0.462 e.